The van der Waals surface area contributed by atoms with Crippen molar-refractivity contribution >= 4 is 38.8 Å². The van der Waals surface area contributed by atoms with Gasteiger partial charge in [-0.3, -0.25) is 14.4 Å². The van der Waals surface area contributed by atoms with Gasteiger partial charge in [0.15, 0.2) is 0 Å². The predicted octanol–water partition coefficient (Wildman–Crippen LogP) is 5.45. The molecule has 2 heterocycles. The molecule has 7 nitrogen and oxygen atoms in total. The molecule has 0 saturated carbocycles. The molecule has 0 bridgehead atoms. The molecule has 4 aromatic rings. The molecule has 0 fully saturated rings. The van der Waals surface area contributed by atoms with Gasteiger partial charge in [-0.1, -0.05) is 42.5 Å². The van der Waals surface area contributed by atoms with E-state index in [0.29, 0.717) is 5.56 Å². The second-order valence-electron chi connectivity index (χ2n) is 7.66. The number of rotatable bonds is 5. The van der Waals surface area contributed by atoms with Crippen molar-refractivity contribution in [2.75, 3.05) is 0 Å². The Morgan fingerprint density at radius 2 is 1.67 bits per heavy atom. The summed E-state index contributed by atoms with van der Waals surface area (Å²) in [4.78, 5) is 13.6. The van der Waals surface area contributed by atoms with Crippen molar-refractivity contribution in [3.05, 3.63) is 123 Å². The van der Waals surface area contributed by atoms with Gasteiger partial charge in [-0.25, -0.2) is 8.42 Å². The van der Waals surface area contributed by atoms with E-state index in [1.807, 2.05) is 54.7 Å². The molecule has 0 saturated heterocycles. The zero-order chi connectivity index (χ0) is 23.0. The molecule has 8 heteroatoms. The number of nitro groups is 1. The third-order valence-corrected chi connectivity index (χ3v) is 7.09. The van der Waals surface area contributed by atoms with Crippen LogP contribution in [0, 0.1) is 10.1 Å². The summed E-state index contributed by atoms with van der Waals surface area (Å²) in [6, 6.07) is 20.7. The summed E-state index contributed by atoms with van der Waals surface area (Å²) >= 11 is 0. The number of fused-ring (bicyclic) bond motifs is 2. The monoisotopic (exact) mass is 457 g/mol. The molecule has 1 aliphatic heterocycles. The lowest BCUT2D eigenvalue weighted by molar-refractivity contribution is -0.384. The summed E-state index contributed by atoms with van der Waals surface area (Å²) in [5.41, 5.74) is 4.13. The highest BCUT2D eigenvalue weighted by molar-refractivity contribution is 7.92. The molecule has 3 aromatic carbocycles. The van der Waals surface area contributed by atoms with Crippen molar-refractivity contribution < 1.29 is 13.3 Å². The maximum absolute atomic E-state index is 13.5. The highest BCUT2D eigenvalue weighted by Gasteiger charge is 2.33. The predicted molar refractivity (Wildman–Crippen MR) is 129 cm³/mol. The van der Waals surface area contributed by atoms with Gasteiger partial charge in [-0.2, -0.15) is 0 Å². The van der Waals surface area contributed by atoms with Crippen molar-refractivity contribution in [3.63, 3.8) is 0 Å². The Morgan fingerprint density at radius 1 is 0.939 bits per heavy atom. The zero-order valence-electron chi connectivity index (χ0n) is 17.3. The molecule has 1 aromatic heterocycles. The Labute approximate surface area is 190 Å². The fourth-order valence-electron chi connectivity index (χ4n) is 4.09. The number of aromatic amines is 1. The summed E-state index contributed by atoms with van der Waals surface area (Å²) in [7, 11) is -3.88. The SMILES string of the molecule is O=[N+]([O-])c1ccc(/C=C/S(=O)(=O)N2C=Cc3ccccc3[C@H]2c2c[nH]c3ccccc23)cc1. The molecule has 1 aliphatic rings. The first-order valence-electron chi connectivity index (χ1n) is 10.2. The van der Waals surface area contributed by atoms with E-state index in [-0.39, 0.29) is 5.69 Å². The van der Waals surface area contributed by atoms with Crippen LogP contribution in [0.1, 0.15) is 28.3 Å². The van der Waals surface area contributed by atoms with E-state index in [1.54, 1.807) is 12.3 Å². The maximum Gasteiger partial charge on any atom is 0.269 e. The van der Waals surface area contributed by atoms with Crippen LogP contribution >= 0.6 is 0 Å². The van der Waals surface area contributed by atoms with Gasteiger partial charge in [0, 0.05) is 41.0 Å². The highest BCUT2D eigenvalue weighted by atomic mass is 32.2. The molecular formula is C25H19N3O4S. The van der Waals surface area contributed by atoms with Crippen LogP contribution < -0.4 is 0 Å². The van der Waals surface area contributed by atoms with Gasteiger partial charge in [0.05, 0.1) is 16.4 Å². The van der Waals surface area contributed by atoms with Crippen LogP contribution in [0.4, 0.5) is 5.69 Å². The van der Waals surface area contributed by atoms with E-state index >= 15 is 0 Å². The van der Waals surface area contributed by atoms with Crippen LogP contribution in [-0.4, -0.2) is 22.6 Å². The van der Waals surface area contributed by atoms with Gasteiger partial charge >= 0.3 is 0 Å². The summed E-state index contributed by atoms with van der Waals surface area (Å²) in [6.07, 6.45) is 6.68. The Hall–Kier alpha value is -4.17. The standard InChI is InChI=1S/C25H19N3O4S/c29-28(30)20-11-9-18(10-12-20)14-16-33(31,32)27-15-13-19-5-1-2-6-21(19)25(27)23-17-26-24-8-4-3-7-22(23)24/h1-17,25-26H/b16-14+/t25-/m0/s1. The Kier molecular flexibility index (Phi) is 5.07. The van der Waals surface area contributed by atoms with E-state index in [2.05, 4.69) is 4.98 Å². The van der Waals surface area contributed by atoms with Gasteiger partial charge in [0.2, 0.25) is 0 Å². The Bertz CT molecular complexity index is 1520. The number of benzene rings is 3. The van der Waals surface area contributed by atoms with E-state index in [0.717, 1.165) is 33.0 Å². The van der Waals surface area contributed by atoms with Crippen LogP contribution in [0.25, 0.3) is 23.1 Å². The fraction of sp³-hybridized carbons (Fsp3) is 0.0400. The highest BCUT2D eigenvalue weighted by Crippen LogP contribution is 2.40. The van der Waals surface area contributed by atoms with Crippen LogP contribution in [-0.2, 0) is 10.0 Å². The topological polar surface area (TPSA) is 96.3 Å². The summed E-state index contributed by atoms with van der Waals surface area (Å²) in [5.74, 6) is 0. The number of hydrogen-bond acceptors (Lipinski definition) is 4. The summed E-state index contributed by atoms with van der Waals surface area (Å²) < 4.78 is 28.3. The van der Waals surface area contributed by atoms with Crippen LogP contribution in [0.2, 0.25) is 0 Å². The summed E-state index contributed by atoms with van der Waals surface area (Å²) in [6.45, 7) is 0. The molecule has 164 valence electrons. The van der Waals surface area contributed by atoms with Crippen LogP contribution in [0.15, 0.2) is 90.6 Å². The lowest BCUT2D eigenvalue weighted by Crippen LogP contribution is -2.31. The number of para-hydroxylation sites is 1. The first kappa shape index (κ1) is 20.7. The first-order chi connectivity index (χ1) is 15.9. The van der Waals surface area contributed by atoms with E-state index in [9.17, 15) is 18.5 Å². The zero-order valence-corrected chi connectivity index (χ0v) is 18.1. The minimum absolute atomic E-state index is 0.0509. The third-order valence-electron chi connectivity index (χ3n) is 5.69. The molecular weight excluding hydrogens is 438 g/mol. The lowest BCUT2D eigenvalue weighted by Gasteiger charge is -2.33. The second kappa shape index (κ2) is 8.07. The van der Waals surface area contributed by atoms with E-state index < -0.39 is 21.0 Å². The largest absolute Gasteiger partial charge is 0.361 e. The molecule has 5 rings (SSSR count). The number of nitro benzene ring substituents is 1. The molecule has 1 atom stereocenters. The molecule has 1 N–H and O–H groups in total. The lowest BCUT2D eigenvalue weighted by atomic mass is 9.92. The quantitative estimate of drug-likeness (QED) is 0.318. The van der Waals surface area contributed by atoms with E-state index in [4.69, 9.17) is 0 Å². The molecule has 33 heavy (non-hydrogen) atoms. The number of nitrogens with zero attached hydrogens (tertiary/aromatic N) is 2. The van der Waals surface area contributed by atoms with Crippen molar-refractivity contribution in [1.29, 1.82) is 0 Å². The molecule has 0 radical (unpaired) electrons. The van der Waals surface area contributed by atoms with Gasteiger partial charge in [-0.05, 0) is 47.0 Å². The van der Waals surface area contributed by atoms with E-state index in [1.165, 1.54) is 34.6 Å². The number of aromatic nitrogens is 1. The van der Waals surface area contributed by atoms with Crippen molar-refractivity contribution in [2.45, 2.75) is 6.04 Å². The normalized spacial score (nSPS) is 15.8. The van der Waals surface area contributed by atoms with Gasteiger partial charge in [0.25, 0.3) is 15.7 Å². The maximum atomic E-state index is 13.5. The Morgan fingerprint density at radius 3 is 2.45 bits per heavy atom. The van der Waals surface area contributed by atoms with Gasteiger partial charge < -0.3 is 4.98 Å². The third kappa shape index (κ3) is 3.81. The molecule has 0 amide bonds. The second-order valence-corrected chi connectivity index (χ2v) is 9.39. The number of nitrogens with one attached hydrogen (secondary N) is 1. The smallest absolute Gasteiger partial charge is 0.269 e. The fourth-order valence-corrected chi connectivity index (χ4v) is 5.31. The molecule has 0 spiro atoms. The average Bonchev–Trinajstić information content (AvgIpc) is 3.26. The van der Waals surface area contributed by atoms with Crippen molar-refractivity contribution in [3.8, 4) is 0 Å². The first-order valence-corrected chi connectivity index (χ1v) is 11.7. The van der Waals surface area contributed by atoms with Crippen molar-refractivity contribution in [1.82, 2.24) is 9.29 Å². The minimum atomic E-state index is -3.88. The summed E-state index contributed by atoms with van der Waals surface area (Å²) in [5, 5.41) is 12.9. The number of sulfonamides is 1. The van der Waals surface area contributed by atoms with Crippen LogP contribution in [0.5, 0.6) is 0 Å². The number of non-ortho nitro benzene ring substituents is 1. The van der Waals surface area contributed by atoms with Gasteiger partial charge in [0.1, 0.15) is 0 Å². The number of hydrogen-bond donors (Lipinski definition) is 1. The molecule has 0 aliphatic carbocycles. The Balaban J connectivity index is 1.57. The number of H-pyrrole nitrogens is 1. The minimum Gasteiger partial charge on any atom is -0.361 e. The average molecular weight is 458 g/mol. The van der Waals surface area contributed by atoms with Gasteiger partial charge in [-0.15, -0.1) is 0 Å². The van der Waals surface area contributed by atoms with Crippen molar-refractivity contribution in [2.24, 2.45) is 0 Å². The molecule has 0 unspecified atom stereocenters. The van der Waals surface area contributed by atoms with Crippen LogP contribution in [0.3, 0.4) is 0 Å².